The second-order valence-corrected chi connectivity index (χ2v) is 6.32. The number of aromatic nitrogens is 4. The van der Waals surface area contributed by atoms with Crippen LogP contribution in [0.1, 0.15) is 17.8 Å². The van der Waals surface area contributed by atoms with Gasteiger partial charge < -0.3 is 15.2 Å². The summed E-state index contributed by atoms with van der Waals surface area (Å²) in [6.45, 7) is 1.12. The molecule has 3 aromatic heterocycles. The van der Waals surface area contributed by atoms with Crippen molar-refractivity contribution in [2.45, 2.75) is 18.4 Å². The number of nitrogens with zero attached hydrogens (tertiary/aromatic N) is 4. The van der Waals surface area contributed by atoms with Crippen molar-refractivity contribution in [3.8, 4) is 5.82 Å². The Morgan fingerprint density at radius 1 is 1.42 bits per heavy atom. The summed E-state index contributed by atoms with van der Waals surface area (Å²) in [5.41, 5.74) is 6.97. The average molecular weight is 353 g/mol. The van der Waals surface area contributed by atoms with Crippen LogP contribution in [-0.2, 0) is 26.3 Å². The van der Waals surface area contributed by atoms with Gasteiger partial charge in [-0.3, -0.25) is 9.78 Å². The number of fused-ring (bicyclic) bond motifs is 1. The third-order valence-electron chi connectivity index (χ3n) is 4.66. The lowest BCUT2D eigenvalue weighted by Crippen LogP contribution is -2.30. The number of hydrogen-bond donors (Lipinski definition) is 1. The van der Waals surface area contributed by atoms with Gasteiger partial charge in [-0.1, -0.05) is 6.07 Å². The molecule has 0 bridgehead atoms. The smallest absolute Gasteiger partial charge is 0.223 e. The van der Waals surface area contributed by atoms with Crippen molar-refractivity contribution in [3.63, 3.8) is 0 Å². The highest BCUT2D eigenvalue weighted by Crippen LogP contribution is 2.33. The van der Waals surface area contributed by atoms with Crippen LogP contribution in [0.2, 0.25) is 0 Å². The minimum atomic E-state index is -0.530. The van der Waals surface area contributed by atoms with E-state index in [1.807, 2.05) is 24.3 Å². The topological polar surface area (TPSA) is 105 Å². The number of carbonyl (C=O) groups is 1. The van der Waals surface area contributed by atoms with Gasteiger partial charge in [0.1, 0.15) is 5.60 Å². The van der Waals surface area contributed by atoms with Gasteiger partial charge in [0.2, 0.25) is 5.91 Å². The molecule has 0 aromatic carbocycles. The second kappa shape index (κ2) is 6.47. The minimum absolute atomic E-state index is 0.0821. The Kier molecular flexibility index (Phi) is 4.14. The van der Waals surface area contributed by atoms with E-state index < -0.39 is 11.5 Å². The number of methoxy groups -OCH3 is 1. The van der Waals surface area contributed by atoms with Gasteiger partial charge in [0.15, 0.2) is 5.82 Å². The van der Waals surface area contributed by atoms with E-state index in [1.54, 1.807) is 24.2 Å². The fraction of sp³-hybridized carbons (Fsp3) is 0.333. The third kappa shape index (κ3) is 2.83. The highest BCUT2D eigenvalue weighted by Gasteiger charge is 2.38. The summed E-state index contributed by atoms with van der Waals surface area (Å²) in [6.07, 6.45) is 4.24. The summed E-state index contributed by atoms with van der Waals surface area (Å²) in [5, 5.41) is 5.29. The van der Waals surface area contributed by atoms with Crippen LogP contribution in [-0.4, -0.2) is 46.0 Å². The second-order valence-electron chi connectivity index (χ2n) is 6.32. The average Bonchev–Trinajstić information content (AvgIpc) is 3.29. The number of amides is 1. The van der Waals surface area contributed by atoms with Crippen LogP contribution in [0.5, 0.6) is 0 Å². The third-order valence-corrected chi connectivity index (χ3v) is 4.66. The van der Waals surface area contributed by atoms with Gasteiger partial charge in [0.25, 0.3) is 0 Å². The molecular formula is C18H19N5O3. The number of ether oxygens (including phenoxy) is 2. The number of carbonyl (C=O) groups excluding carboxylic acids is 1. The van der Waals surface area contributed by atoms with Gasteiger partial charge in [0, 0.05) is 31.7 Å². The molecule has 134 valence electrons. The lowest BCUT2D eigenvalue weighted by atomic mass is 9.98. The number of primary amides is 1. The van der Waals surface area contributed by atoms with Crippen LogP contribution in [0.4, 0.5) is 0 Å². The molecule has 26 heavy (non-hydrogen) atoms. The zero-order valence-corrected chi connectivity index (χ0v) is 14.4. The zero-order valence-electron chi connectivity index (χ0n) is 14.4. The van der Waals surface area contributed by atoms with E-state index in [1.165, 1.54) is 0 Å². The van der Waals surface area contributed by atoms with Crippen LogP contribution in [0.15, 0.2) is 36.7 Å². The number of pyridine rings is 2. The first-order valence-corrected chi connectivity index (χ1v) is 8.33. The van der Waals surface area contributed by atoms with Gasteiger partial charge in [0.05, 0.1) is 36.1 Å². The largest absolute Gasteiger partial charge is 0.378 e. The van der Waals surface area contributed by atoms with Crippen molar-refractivity contribution < 1.29 is 14.3 Å². The summed E-state index contributed by atoms with van der Waals surface area (Å²) in [6, 6.07) is 7.55. The zero-order chi connectivity index (χ0) is 18.1. The molecule has 4 heterocycles. The summed E-state index contributed by atoms with van der Waals surface area (Å²) in [5.74, 6) is 0.239. The molecule has 2 N–H and O–H groups in total. The predicted molar refractivity (Wildman–Crippen MR) is 93.7 cm³/mol. The molecule has 1 saturated heterocycles. The Morgan fingerprint density at radius 3 is 3.04 bits per heavy atom. The summed E-state index contributed by atoms with van der Waals surface area (Å²) < 4.78 is 13.0. The molecule has 8 heteroatoms. The van der Waals surface area contributed by atoms with Crippen molar-refractivity contribution in [2.24, 2.45) is 5.73 Å². The molecule has 0 saturated carbocycles. The molecule has 1 fully saturated rings. The minimum Gasteiger partial charge on any atom is -0.378 e. The molecule has 1 amide bonds. The molecule has 1 aliphatic heterocycles. The van der Waals surface area contributed by atoms with E-state index in [0.29, 0.717) is 24.7 Å². The van der Waals surface area contributed by atoms with Gasteiger partial charge in [-0.05, 0) is 18.2 Å². The van der Waals surface area contributed by atoms with Crippen molar-refractivity contribution in [1.29, 1.82) is 0 Å². The van der Waals surface area contributed by atoms with Crippen LogP contribution in [0.3, 0.4) is 0 Å². The Hall–Kier alpha value is -2.84. The lowest BCUT2D eigenvalue weighted by Gasteiger charge is -2.25. The maximum atomic E-state index is 11.2. The van der Waals surface area contributed by atoms with E-state index in [0.717, 1.165) is 23.0 Å². The Morgan fingerprint density at radius 2 is 2.31 bits per heavy atom. The predicted octanol–water partition coefficient (Wildman–Crippen LogP) is 1.11. The maximum Gasteiger partial charge on any atom is 0.223 e. The SMILES string of the molecule is COC1(c2cccc(-n3ncc4cnc(CC(N)=O)cc43)n2)CCOC1. The molecule has 4 rings (SSSR count). The van der Waals surface area contributed by atoms with Crippen molar-refractivity contribution >= 4 is 16.8 Å². The van der Waals surface area contributed by atoms with E-state index in [4.69, 9.17) is 20.2 Å². The summed E-state index contributed by atoms with van der Waals surface area (Å²) in [4.78, 5) is 20.2. The molecule has 1 unspecified atom stereocenters. The quantitative estimate of drug-likeness (QED) is 0.736. The summed E-state index contributed by atoms with van der Waals surface area (Å²) >= 11 is 0. The van der Waals surface area contributed by atoms with Gasteiger partial charge in [-0.15, -0.1) is 0 Å². The van der Waals surface area contributed by atoms with Crippen LogP contribution in [0.25, 0.3) is 16.7 Å². The van der Waals surface area contributed by atoms with Crippen LogP contribution < -0.4 is 5.73 Å². The highest BCUT2D eigenvalue weighted by molar-refractivity contribution is 5.81. The monoisotopic (exact) mass is 353 g/mol. The highest BCUT2D eigenvalue weighted by atomic mass is 16.5. The first kappa shape index (κ1) is 16.6. The number of nitrogens with two attached hydrogens (primary N) is 1. The molecule has 0 radical (unpaired) electrons. The normalized spacial score (nSPS) is 19.9. The number of hydrogen-bond acceptors (Lipinski definition) is 6. The van der Waals surface area contributed by atoms with Crippen LogP contribution in [0, 0.1) is 0 Å². The molecule has 0 aliphatic carbocycles. The fourth-order valence-electron chi connectivity index (χ4n) is 3.23. The Labute approximate surface area is 149 Å². The number of rotatable bonds is 5. The molecule has 8 nitrogen and oxygen atoms in total. The maximum absolute atomic E-state index is 11.2. The van der Waals surface area contributed by atoms with Crippen molar-refractivity contribution in [1.82, 2.24) is 19.7 Å². The molecule has 3 aromatic rings. The van der Waals surface area contributed by atoms with Crippen molar-refractivity contribution in [2.75, 3.05) is 20.3 Å². The Bertz CT molecular complexity index is 962. The van der Waals surface area contributed by atoms with E-state index in [2.05, 4.69) is 10.1 Å². The molecule has 1 aliphatic rings. The van der Waals surface area contributed by atoms with E-state index >= 15 is 0 Å². The molecule has 1 atom stereocenters. The molecule has 0 spiro atoms. The van der Waals surface area contributed by atoms with Gasteiger partial charge in [-0.2, -0.15) is 5.10 Å². The van der Waals surface area contributed by atoms with Crippen molar-refractivity contribution in [3.05, 3.63) is 48.0 Å². The van der Waals surface area contributed by atoms with E-state index in [9.17, 15) is 4.79 Å². The summed E-state index contributed by atoms with van der Waals surface area (Å²) in [7, 11) is 1.67. The first-order valence-electron chi connectivity index (χ1n) is 8.33. The lowest BCUT2D eigenvalue weighted by molar-refractivity contribution is -0.117. The van der Waals surface area contributed by atoms with Gasteiger partial charge >= 0.3 is 0 Å². The van der Waals surface area contributed by atoms with E-state index in [-0.39, 0.29) is 6.42 Å². The first-order chi connectivity index (χ1) is 12.6. The molecular weight excluding hydrogens is 334 g/mol. The van der Waals surface area contributed by atoms with Gasteiger partial charge in [-0.25, -0.2) is 9.67 Å². The van der Waals surface area contributed by atoms with Crippen LogP contribution >= 0.6 is 0 Å². The fourth-order valence-corrected chi connectivity index (χ4v) is 3.23. The standard InChI is InChI=1S/C18H19N5O3/c1-25-18(5-6-26-11-18)15-3-2-4-17(22-15)23-14-7-13(8-16(19)24)20-9-12(14)10-21-23/h2-4,7,9-10H,5-6,8,11H2,1H3,(H2,19,24). The Balaban J connectivity index is 1.78.